The van der Waals surface area contributed by atoms with E-state index in [-0.39, 0.29) is 10.8 Å². The largest absolute Gasteiger partial charge is 0.370 e. The van der Waals surface area contributed by atoms with Crippen molar-refractivity contribution in [1.29, 1.82) is 0 Å². The van der Waals surface area contributed by atoms with Crippen molar-refractivity contribution >= 4 is 27.3 Å². The van der Waals surface area contributed by atoms with E-state index in [1.807, 2.05) is 27.7 Å². The lowest BCUT2D eigenvalue weighted by atomic mass is 10.2. The molecule has 1 aliphatic rings. The van der Waals surface area contributed by atoms with E-state index in [9.17, 15) is 13.2 Å². The topological polar surface area (TPSA) is 73.0 Å². The van der Waals surface area contributed by atoms with Gasteiger partial charge in [0.15, 0.2) is 0 Å². The predicted octanol–water partition coefficient (Wildman–Crippen LogP) is 2.60. The molecule has 2 rings (SSSR count). The number of likely N-dealkylation sites (tertiary alicyclic amines) is 1. The summed E-state index contributed by atoms with van der Waals surface area (Å²) < 4.78 is 27.3. The van der Waals surface area contributed by atoms with Crippen LogP contribution in [-0.2, 0) is 14.8 Å². The fourth-order valence-electron chi connectivity index (χ4n) is 3.66. The van der Waals surface area contributed by atoms with Crippen molar-refractivity contribution in [3.63, 3.8) is 0 Å². The third kappa shape index (κ3) is 5.24. The van der Waals surface area contributed by atoms with Crippen LogP contribution >= 0.6 is 0 Å². The molecule has 0 saturated carbocycles. The Kier molecular flexibility index (Phi) is 8.27. The zero-order chi connectivity index (χ0) is 20.7. The summed E-state index contributed by atoms with van der Waals surface area (Å²) in [7, 11) is -3.58. The van der Waals surface area contributed by atoms with E-state index >= 15 is 0 Å². The number of hydrogen-bond acceptors (Lipinski definition) is 5. The zero-order valence-electron chi connectivity index (χ0n) is 17.6. The van der Waals surface area contributed by atoms with E-state index < -0.39 is 10.0 Å². The summed E-state index contributed by atoms with van der Waals surface area (Å²) in [5.41, 5.74) is 1.40. The Morgan fingerprint density at radius 3 is 2.18 bits per heavy atom. The van der Waals surface area contributed by atoms with Crippen LogP contribution in [0.4, 0.5) is 11.4 Å². The molecule has 0 aromatic heterocycles. The molecule has 1 aromatic carbocycles. The van der Waals surface area contributed by atoms with Gasteiger partial charge >= 0.3 is 0 Å². The van der Waals surface area contributed by atoms with Crippen molar-refractivity contribution in [2.24, 2.45) is 0 Å². The van der Waals surface area contributed by atoms with Crippen molar-refractivity contribution in [2.75, 3.05) is 56.0 Å². The number of amides is 1. The van der Waals surface area contributed by atoms with Crippen LogP contribution in [0.1, 0.15) is 40.5 Å². The number of rotatable bonds is 10. The van der Waals surface area contributed by atoms with Crippen molar-refractivity contribution in [3.05, 3.63) is 18.2 Å². The fraction of sp³-hybridized carbons (Fsp3) is 0.650. The Morgan fingerprint density at radius 2 is 1.64 bits per heavy atom. The number of benzene rings is 1. The summed E-state index contributed by atoms with van der Waals surface area (Å²) in [5, 5.41) is 2.97. The van der Waals surface area contributed by atoms with Crippen LogP contribution in [0.2, 0.25) is 0 Å². The lowest BCUT2D eigenvalue weighted by molar-refractivity contribution is -0.117. The van der Waals surface area contributed by atoms with Gasteiger partial charge < -0.3 is 10.2 Å². The highest BCUT2D eigenvalue weighted by Gasteiger charge is 2.24. The van der Waals surface area contributed by atoms with Crippen LogP contribution in [0.3, 0.4) is 0 Å². The summed E-state index contributed by atoms with van der Waals surface area (Å²) in [6, 6.07) is 5.04. The van der Waals surface area contributed by atoms with Gasteiger partial charge in [0.2, 0.25) is 15.9 Å². The second-order valence-corrected chi connectivity index (χ2v) is 8.91. The molecular formula is C20H34N4O3S. The molecule has 1 saturated heterocycles. The average Bonchev–Trinajstić information content (AvgIpc) is 3.17. The van der Waals surface area contributed by atoms with Gasteiger partial charge in [-0.2, -0.15) is 4.31 Å². The highest BCUT2D eigenvalue weighted by molar-refractivity contribution is 7.89. The third-order valence-corrected chi connectivity index (χ3v) is 7.30. The maximum absolute atomic E-state index is 12.9. The molecule has 0 atom stereocenters. The van der Waals surface area contributed by atoms with Gasteiger partial charge in [-0.15, -0.1) is 0 Å². The van der Waals surface area contributed by atoms with Gasteiger partial charge in [-0.3, -0.25) is 9.69 Å². The Balaban J connectivity index is 2.36. The minimum absolute atomic E-state index is 0.104. The molecule has 0 aliphatic carbocycles. The van der Waals surface area contributed by atoms with Crippen LogP contribution in [-0.4, -0.2) is 69.3 Å². The van der Waals surface area contributed by atoms with Crippen molar-refractivity contribution in [2.45, 2.75) is 45.4 Å². The Hall–Kier alpha value is -1.64. The van der Waals surface area contributed by atoms with E-state index in [4.69, 9.17) is 0 Å². The summed E-state index contributed by atoms with van der Waals surface area (Å²) in [5.74, 6) is -0.104. The maximum atomic E-state index is 12.9. The highest BCUT2D eigenvalue weighted by atomic mass is 32.2. The quantitative estimate of drug-likeness (QED) is 0.642. The standard InChI is InChI=1S/C20H34N4O3S/c1-5-23(6-2)19-12-11-17(28(26,27)24(7-3)8-4)15-18(19)21-20(25)16-22-13-9-10-14-22/h11-12,15H,5-10,13-14,16H2,1-4H3,(H,21,25). The van der Waals surface area contributed by atoms with Gasteiger partial charge in [0.1, 0.15) is 0 Å². The first-order valence-corrected chi connectivity index (χ1v) is 11.7. The molecule has 0 spiro atoms. The van der Waals surface area contributed by atoms with Gasteiger partial charge in [0.05, 0.1) is 22.8 Å². The molecule has 1 heterocycles. The molecule has 0 unspecified atom stereocenters. The van der Waals surface area contributed by atoms with Crippen molar-refractivity contribution < 1.29 is 13.2 Å². The van der Waals surface area contributed by atoms with Crippen LogP contribution in [0, 0.1) is 0 Å². The molecule has 1 fully saturated rings. The third-order valence-electron chi connectivity index (χ3n) is 5.26. The fourth-order valence-corrected chi connectivity index (χ4v) is 5.15. The minimum atomic E-state index is -3.58. The molecule has 0 radical (unpaired) electrons. The lowest BCUT2D eigenvalue weighted by Gasteiger charge is -2.26. The molecule has 1 N–H and O–H groups in total. The second kappa shape index (κ2) is 10.2. The summed E-state index contributed by atoms with van der Waals surface area (Å²) in [6.07, 6.45) is 2.24. The maximum Gasteiger partial charge on any atom is 0.243 e. The molecule has 1 aromatic rings. The monoisotopic (exact) mass is 410 g/mol. The van der Waals surface area contributed by atoms with Crippen LogP contribution in [0.15, 0.2) is 23.1 Å². The molecular weight excluding hydrogens is 376 g/mol. The van der Waals surface area contributed by atoms with E-state index in [1.165, 1.54) is 4.31 Å². The van der Waals surface area contributed by atoms with Gasteiger partial charge in [-0.25, -0.2) is 8.42 Å². The zero-order valence-corrected chi connectivity index (χ0v) is 18.4. The van der Waals surface area contributed by atoms with Gasteiger partial charge in [-0.05, 0) is 58.0 Å². The average molecular weight is 411 g/mol. The predicted molar refractivity (Wildman–Crippen MR) is 114 cm³/mol. The van der Waals surface area contributed by atoms with Crippen molar-refractivity contribution in [3.8, 4) is 0 Å². The number of carbonyl (C=O) groups is 1. The molecule has 7 nitrogen and oxygen atoms in total. The first-order valence-electron chi connectivity index (χ1n) is 10.3. The normalized spacial score (nSPS) is 15.2. The first-order chi connectivity index (χ1) is 13.4. The number of carbonyl (C=O) groups excluding carboxylic acids is 1. The van der Waals surface area contributed by atoms with Crippen LogP contribution in [0.5, 0.6) is 0 Å². The Labute approximate surface area is 169 Å². The molecule has 0 bridgehead atoms. The molecule has 8 heteroatoms. The van der Waals surface area contributed by atoms with Crippen molar-refractivity contribution in [1.82, 2.24) is 9.21 Å². The number of hydrogen-bond donors (Lipinski definition) is 1. The minimum Gasteiger partial charge on any atom is -0.370 e. The highest BCUT2D eigenvalue weighted by Crippen LogP contribution is 2.30. The molecule has 158 valence electrons. The van der Waals surface area contributed by atoms with Crippen LogP contribution < -0.4 is 10.2 Å². The Bertz CT molecular complexity index is 753. The summed E-state index contributed by atoms with van der Waals surface area (Å²) >= 11 is 0. The van der Waals surface area contributed by atoms with Crippen LogP contribution in [0.25, 0.3) is 0 Å². The van der Waals surface area contributed by atoms with E-state index in [2.05, 4.69) is 15.1 Å². The number of sulfonamides is 1. The van der Waals surface area contributed by atoms with Gasteiger partial charge in [0.25, 0.3) is 0 Å². The van der Waals surface area contributed by atoms with Gasteiger partial charge in [-0.1, -0.05) is 13.8 Å². The number of anilines is 2. The first kappa shape index (κ1) is 22.6. The number of nitrogens with one attached hydrogen (secondary N) is 1. The number of nitrogens with zero attached hydrogens (tertiary/aromatic N) is 3. The SMILES string of the molecule is CCN(CC)c1ccc(S(=O)(=O)N(CC)CC)cc1NC(=O)CN1CCCC1. The second-order valence-electron chi connectivity index (χ2n) is 6.97. The van der Waals surface area contributed by atoms with E-state index in [0.29, 0.717) is 25.3 Å². The molecule has 1 aliphatic heterocycles. The lowest BCUT2D eigenvalue weighted by Crippen LogP contribution is -2.32. The van der Waals surface area contributed by atoms with E-state index in [1.54, 1.807) is 18.2 Å². The molecule has 28 heavy (non-hydrogen) atoms. The Morgan fingerprint density at radius 1 is 1.04 bits per heavy atom. The van der Waals surface area contributed by atoms with Gasteiger partial charge in [0, 0.05) is 26.2 Å². The van der Waals surface area contributed by atoms with E-state index in [0.717, 1.165) is 44.7 Å². The summed E-state index contributed by atoms with van der Waals surface area (Å²) in [4.78, 5) is 17.0. The summed E-state index contributed by atoms with van der Waals surface area (Å²) in [6.45, 7) is 12.3. The molecule has 1 amide bonds. The smallest absolute Gasteiger partial charge is 0.243 e.